The second-order valence-corrected chi connectivity index (χ2v) is 4.62. The van der Waals surface area contributed by atoms with Crippen molar-refractivity contribution in [2.45, 2.75) is 26.2 Å². The number of nitrogens with zero attached hydrogens (tertiary/aromatic N) is 1. The molecule has 1 rings (SSSR count). The zero-order valence-corrected chi connectivity index (χ0v) is 10.5. The van der Waals surface area contributed by atoms with Gasteiger partial charge in [-0.15, -0.1) is 11.3 Å². The maximum atomic E-state index is 5.39. The van der Waals surface area contributed by atoms with E-state index in [0.717, 1.165) is 18.0 Å². The smallest absolute Gasteiger partial charge is 0.0951 e. The second kappa shape index (κ2) is 6.93. The van der Waals surface area contributed by atoms with Crippen LogP contribution >= 0.6 is 11.3 Å². The molecule has 0 spiro atoms. The molecule has 0 aliphatic heterocycles. The van der Waals surface area contributed by atoms with E-state index in [0.29, 0.717) is 19.1 Å². The van der Waals surface area contributed by atoms with Gasteiger partial charge in [0.05, 0.1) is 30.5 Å². The molecular weight excluding hydrogens is 210 g/mol. The van der Waals surface area contributed by atoms with Crippen LogP contribution in [0.15, 0.2) is 5.38 Å². The highest BCUT2D eigenvalue weighted by atomic mass is 32.1. The van der Waals surface area contributed by atoms with E-state index >= 15 is 0 Å². The van der Waals surface area contributed by atoms with E-state index in [-0.39, 0.29) is 0 Å². The Morgan fingerprint density at radius 1 is 1.33 bits per heavy atom. The van der Waals surface area contributed by atoms with E-state index in [2.05, 4.69) is 24.2 Å². The molecule has 0 aliphatic rings. The topological polar surface area (TPSA) is 31.4 Å². The predicted molar refractivity (Wildman–Crippen MR) is 62.6 cm³/mol. The summed E-state index contributed by atoms with van der Waals surface area (Å²) < 4.78 is 10.3. The summed E-state index contributed by atoms with van der Waals surface area (Å²) in [6.07, 6.45) is 0.904. The van der Waals surface area contributed by atoms with Crippen LogP contribution in [0.4, 0.5) is 0 Å². The summed E-state index contributed by atoms with van der Waals surface area (Å²) in [6, 6.07) is 0. The molecule has 4 heteroatoms. The monoisotopic (exact) mass is 229 g/mol. The Labute approximate surface area is 95.4 Å². The molecule has 1 heterocycles. The van der Waals surface area contributed by atoms with E-state index in [1.165, 1.54) is 5.69 Å². The molecule has 86 valence electrons. The maximum absolute atomic E-state index is 5.39. The third-order valence-electron chi connectivity index (χ3n) is 2.05. The zero-order chi connectivity index (χ0) is 11.1. The van der Waals surface area contributed by atoms with Gasteiger partial charge in [0.1, 0.15) is 0 Å². The summed E-state index contributed by atoms with van der Waals surface area (Å²) in [7, 11) is 1.68. The van der Waals surface area contributed by atoms with Crippen molar-refractivity contribution in [2.24, 2.45) is 0 Å². The number of hydrogen-bond donors (Lipinski definition) is 0. The first-order valence-corrected chi connectivity index (χ1v) is 6.13. The lowest BCUT2D eigenvalue weighted by Crippen LogP contribution is -2.04. The Morgan fingerprint density at radius 2 is 2.13 bits per heavy atom. The molecule has 15 heavy (non-hydrogen) atoms. The summed E-state index contributed by atoms with van der Waals surface area (Å²) in [4.78, 5) is 4.53. The molecule has 1 aromatic rings. The Morgan fingerprint density at radius 3 is 2.73 bits per heavy atom. The third-order valence-corrected chi connectivity index (χ3v) is 2.98. The Balaban J connectivity index is 2.20. The van der Waals surface area contributed by atoms with Crippen LogP contribution < -0.4 is 0 Å². The number of thiazole rings is 1. The van der Waals surface area contributed by atoms with Gasteiger partial charge in [-0.05, 0) is 5.92 Å². The van der Waals surface area contributed by atoms with Gasteiger partial charge >= 0.3 is 0 Å². The summed E-state index contributed by atoms with van der Waals surface area (Å²) in [6.45, 7) is 6.38. The van der Waals surface area contributed by atoms with Gasteiger partial charge in [0.15, 0.2) is 0 Å². The lowest BCUT2D eigenvalue weighted by molar-refractivity contribution is 0.0722. The van der Waals surface area contributed by atoms with Crippen LogP contribution in [0.1, 0.15) is 30.5 Å². The highest BCUT2D eigenvalue weighted by molar-refractivity contribution is 7.09. The molecule has 3 nitrogen and oxygen atoms in total. The number of aromatic nitrogens is 1. The summed E-state index contributed by atoms with van der Waals surface area (Å²) in [5.41, 5.74) is 1.19. The van der Waals surface area contributed by atoms with Crippen molar-refractivity contribution in [1.29, 1.82) is 0 Å². The van der Waals surface area contributed by atoms with Gasteiger partial charge in [0.25, 0.3) is 0 Å². The van der Waals surface area contributed by atoms with E-state index in [4.69, 9.17) is 9.47 Å². The van der Waals surface area contributed by atoms with E-state index in [1.807, 2.05) is 0 Å². The van der Waals surface area contributed by atoms with E-state index in [1.54, 1.807) is 18.4 Å². The summed E-state index contributed by atoms with van der Waals surface area (Å²) in [5, 5.41) is 3.30. The van der Waals surface area contributed by atoms with Gasteiger partial charge in [-0.25, -0.2) is 4.98 Å². The van der Waals surface area contributed by atoms with Gasteiger partial charge < -0.3 is 9.47 Å². The van der Waals surface area contributed by atoms with Gasteiger partial charge in [-0.1, -0.05) is 13.8 Å². The fourth-order valence-electron chi connectivity index (χ4n) is 1.11. The summed E-state index contributed by atoms with van der Waals surface area (Å²) in [5.74, 6) is 0.518. The first-order chi connectivity index (χ1) is 7.24. The Kier molecular flexibility index (Phi) is 5.83. The SMILES string of the molecule is COCCOCCc1nc(C(C)C)cs1. The fourth-order valence-corrected chi connectivity index (χ4v) is 2.05. The van der Waals surface area contributed by atoms with Gasteiger partial charge in [0.2, 0.25) is 0 Å². The van der Waals surface area contributed by atoms with Crippen molar-refractivity contribution < 1.29 is 9.47 Å². The maximum Gasteiger partial charge on any atom is 0.0951 e. The molecule has 0 aromatic carbocycles. The molecule has 0 fully saturated rings. The van der Waals surface area contributed by atoms with Crippen molar-refractivity contribution in [3.63, 3.8) is 0 Å². The third kappa shape index (κ3) is 4.73. The lowest BCUT2D eigenvalue weighted by atomic mass is 10.2. The van der Waals surface area contributed by atoms with Gasteiger partial charge in [0, 0.05) is 18.9 Å². The molecule has 0 atom stereocenters. The van der Waals surface area contributed by atoms with Crippen LogP contribution in [0, 0.1) is 0 Å². The molecule has 0 amide bonds. The number of methoxy groups -OCH3 is 1. The van der Waals surface area contributed by atoms with Crippen molar-refractivity contribution in [1.82, 2.24) is 4.98 Å². The van der Waals surface area contributed by atoms with Crippen LogP contribution in [0.25, 0.3) is 0 Å². The van der Waals surface area contributed by atoms with Gasteiger partial charge in [-0.2, -0.15) is 0 Å². The molecule has 1 aromatic heterocycles. The molecule has 0 bridgehead atoms. The van der Waals surface area contributed by atoms with Crippen LogP contribution in [-0.4, -0.2) is 31.9 Å². The first kappa shape index (κ1) is 12.6. The number of ether oxygens (including phenoxy) is 2. The highest BCUT2D eigenvalue weighted by Crippen LogP contribution is 2.17. The van der Waals surface area contributed by atoms with Crippen LogP contribution in [-0.2, 0) is 15.9 Å². The average Bonchev–Trinajstić information content (AvgIpc) is 2.66. The normalized spacial score (nSPS) is 11.2. The first-order valence-electron chi connectivity index (χ1n) is 5.25. The van der Waals surface area contributed by atoms with Crippen LogP contribution in [0.2, 0.25) is 0 Å². The Bertz CT molecular complexity index is 273. The van der Waals surface area contributed by atoms with Crippen molar-refractivity contribution in [2.75, 3.05) is 26.9 Å². The molecule has 0 saturated heterocycles. The Hall–Kier alpha value is -0.450. The average molecular weight is 229 g/mol. The molecule has 0 unspecified atom stereocenters. The molecule has 0 aliphatic carbocycles. The highest BCUT2D eigenvalue weighted by Gasteiger charge is 2.04. The van der Waals surface area contributed by atoms with Crippen molar-refractivity contribution in [3.05, 3.63) is 16.1 Å². The second-order valence-electron chi connectivity index (χ2n) is 3.68. The summed E-state index contributed by atoms with van der Waals surface area (Å²) >= 11 is 1.72. The standard InChI is InChI=1S/C11H19NO2S/c1-9(2)10-8-15-11(12-10)4-5-14-7-6-13-3/h8-9H,4-7H2,1-3H3. The molecule has 0 radical (unpaired) electrons. The number of rotatable bonds is 7. The molecule has 0 N–H and O–H groups in total. The minimum Gasteiger partial charge on any atom is -0.382 e. The van der Waals surface area contributed by atoms with Gasteiger partial charge in [-0.3, -0.25) is 0 Å². The lowest BCUT2D eigenvalue weighted by Gasteiger charge is -2.01. The van der Waals surface area contributed by atoms with E-state index < -0.39 is 0 Å². The van der Waals surface area contributed by atoms with E-state index in [9.17, 15) is 0 Å². The van der Waals surface area contributed by atoms with Crippen LogP contribution in [0.5, 0.6) is 0 Å². The quantitative estimate of drug-likeness (QED) is 0.673. The molecular formula is C11H19NO2S. The van der Waals surface area contributed by atoms with Crippen molar-refractivity contribution >= 4 is 11.3 Å². The largest absolute Gasteiger partial charge is 0.382 e. The minimum absolute atomic E-state index is 0.518. The minimum atomic E-state index is 0.518. The predicted octanol–water partition coefficient (Wildman–Crippen LogP) is 2.47. The fraction of sp³-hybridized carbons (Fsp3) is 0.727. The number of hydrogen-bond acceptors (Lipinski definition) is 4. The van der Waals surface area contributed by atoms with Crippen molar-refractivity contribution in [3.8, 4) is 0 Å². The zero-order valence-electron chi connectivity index (χ0n) is 9.66. The van der Waals surface area contributed by atoms with Crippen LogP contribution in [0.3, 0.4) is 0 Å². The molecule has 0 saturated carbocycles.